The predicted molar refractivity (Wildman–Crippen MR) is 75.3 cm³/mol. The second-order valence-corrected chi connectivity index (χ2v) is 4.87. The SMILES string of the molecule is Cc1ccc(Br)cc1NCCc1ccccn1. The van der Waals surface area contributed by atoms with Crippen LogP contribution in [0.1, 0.15) is 11.3 Å². The van der Waals surface area contributed by atoms with Crippen molar-refractivity contribution in [2.24, 2.45) is 0 Å². The summed E-state index contributed by atoms with van der Waals surface area (Å²) in [6.07, 6.45) is 2.77. The number of benzene rings is 1. The molecule has 0 unspecified atom stereocenters. The van der Waals surface area contributed by atoms with E-state index in [-0.39, 0.29) is 0 Å². The van der Waals surface area contributed by atoms with E-state index < -0.39 is 0 Å². The minimum atomic E-state index is 0.897. The van der Waals surface area contributed by atoms with Gasteiger partial charge in [-0.05, 0) is 36.8 Å². The molecule has 0 aliphatic heterocycles. The molecule has 0 saturated carbocycles. The van der Waals surface area contributed by atoms with E-state index in [0.29, 0.717) is 0 Å². The molecule has 3 heteroatoms. The lowest BCUT2D eigenvalue weighted by Crippen LogP contribution is -2.06. The Morgan fingerprint density at radius 2 is 2.12 bits per heavy atom. The summed E-state index contributed by atoms with van der Waals surface area (Å²) in [7, 11) is 0. The highest BCUT2D eigenvalue weighted by Crippen LogP contribution is 2.20. The van der Waals surface area contributed by atoms with Gasteiger partial charge in [-0.1, -0.05) is 28.1 Å². The first-order chi connectivity index (χ1) is 8.25. The molecule has 0 fully saturated rings. The highest BCUT2D eigenvalue weighted by molar-refractivity contribution is 9.10. The zero-order chi connectivity index (χ0) is 12.1. The van der Waals surface area contributed by atoms with E-state index in [1.807, 2.05) is 18.3 Å². The molecule has 1 heterocycles. The highest BCUT2D eigenvalue weighted by atomic mass is 79.9. The van der Waals surface area contributed by atoms with Crippen LogP contribution in [0.15, 0.2) is 47.1 Å². The van der Waals surface area contributed by atoms with Gasteiger partial charge in [-0.3, -0.25) is 4.98 Å². The molecule has 2 rings (SSSR count). The van der Waals surface area contributed by atoms with Crippen LogP contribution in [0, 0.1) is 6.92 Å². The molecule has 1 aromatic heterocycles. The molecule has 0 spiro atoms. The van der Waals surface area contributed by atoms with Crippen molar-refractivity contribution >= 4 is 21.6 Å². The van der Waals surface area contributed by atoms with Gasteiger partial charge >= 0.3 is 0 Å². The van der Waals surface area contributed by atoms with Crippen molar-refractivity contribution in [3.8, 4) is 0 Å². The van der Waals surface area contributed by atoms with Crippen LogP contribution in [0.5, 0.6) is 0 Å². The Balaban J connectivity index is 1.92. The molecule has 0 atom stereocenters. The molecule has 0 saturated heterocycles. The lowest BCUT2D eigenvalue weighted by molar-refractivity contribution is 0.960. The average Bonchev–Trinajstić information content (AvgIpc) is 2.35. The minimum Gasteiger partial charge on any atom is -0.384 e. The zero-order valence-electron chi connectivity index (χ0n) is 9.78. The molecule has 0 amide bonds. The molecule has 2 aromatic rings. The van der Waals surface area contributed by atoms with Gasteiger partial charge < -0.3 is 5.32 Å². The maximum absolute atomic E-state index is 4.30. The van der Waals surface area contributed by atoms with Gasteiger partial charge in [0.1, 0.15) is 0 Å². The second-order valence-electron chi connectivity index (χ2n) is 3.96. The third-order valence-corrected chi connectivity index (χ3v) is 3.12. The van der Waals surface area contributed by atoms with Gasteiger partial charge in [0, 0.05) is 35.0 Å². The van der Waals surface area contributed by atoms with E-state index in [4.69, 9.17) is 0 Å². The zero-order valence-corrected chi connectivity index (χ0v) is 11.4. The van der Waals surface area contributed by atoms with Crippen molar-refractivity contribution in [1.82, 2.24) is 4.98 Å². The van der Waals surface area contributed by atoms with Crippen LogP contribution in [0.3, 0.4) is 0 Å². The summed E-state index contributed by atoms with van der Waals surface area (Å²) in [5.74, 6) is 0. The van der Waals surface area contributed by atoms with Gasteiger partial charge in [0.2, 0.25) is 0 Å². The van der Waals surface area contributed by atoms with Crippen molar-refractivity contribution in [3.05, 3.63) is 58.3 Å². The van der Waals surface area contributed by atoms with Crippen LogP contribution in [0.2, 0.25) is 0 Å². The summed E-state index contributed by atoms with van der Waals surface area (Å²) in [4.78, 5) is 4.30. The van der Waals surface area contributed by atoms with Crippen molar-refractivity contribution in [3.63, 3.8) is 0 Å². The van der Waals surface area contributed by atoms with Gasteiger partial charge in [-0.25, -0.2) is 0 Å². The molecule has 0 bridgehead atoms. The highest BCUT2D eigenvalue weighted by Gasteiger charge is 1.99. The number of nitrogens with zero attached hydrogens (tertiary/aromatic N) is 1. The van der Waals surface area contributed by atoms with E-state index in [1.165, 1.54) is 11.3 Å². The smallest absolute Gasteiger partial charge is 0.0421 e. The van der Waals surface area contributed by atoms with E-state index in [1.54, 1.807) is 0 Å². The van der Waals surface area contributed by atoms with Crippen LogP contribution < -0.4 is 5.32 Å². The summed E-state index contributed by atoms with van der Waals surface area (Å²) in [5, 5.41) is 3.43. The summed E-state index contributed by atoms with van der Waals surface area (Å²) >= 11 is 3.48. The fraction of sp³-hybridized carbons (Fsp3) is 0.214. The number of hydrogen-bond donors (Lipinski definition) is 1. The Bertz CT molecular complexity index is 483. The number of anilines is 1. The van der Waals surface area contributed by atoms with Gasteiger partial charge in [0.25, 0.3) is 0 Å². The third kappa shape index (κ3) is 3.56. The number of halogens is 1. The van der Waals surface area contributed by atoms with Crippen molar-refractivity contribution in [2.45, 2.75) is 13.3 Å². The van der Waals surface area contributed by atoms with Crippen LogP contribution >= 0.6 is 15.9 Å². The first kappa shape index (κ1) is 12.1. The maximum atomic E-state index is 4.30. The quantitative estimate of drug-likeness (QED) is 0.926. The molecular formula is C14H15BrN2. The van der Waals surface area contributed by atoms with Crippen LogP contribution in [0.4, 0.5) is 5.69 Å². The lowest BCUT2D eigenvalue weighted by Gasteiger charge is -2.09. The topological polar surface area (TPSA) is 24.9 Å². The Hall–Kier alpha value is -1.35. The Morgan fingerprint density at radius 3 is 2.88 bits per heavy atom. The van der Waals surface area contributed by atoms with Crippen LogP contribution in [-0.4, -0.2) is 11.5 Å². The molecule has 17 heavy (non-hydrogen) atoms. The molecule has 1 N–H and O–H groups in total. The summed E-state index contributed by atoms with van der Waals surface area (Å²) in [6, 6.07) is 12.3. The van der Waals surface area contributed by atoms with Crippen LogP contribution in [0.25, 0.3) is 0 Å². The molecule has 0 aliphatic rings. The predicted octanol–water partition coefficient (Wildman–Crippen LogP) is 3.81. The lowest BCUT2D eigenvalue weighted by atomic mass is 10.2. The Morgan fingerprint density at radius 1 is 1.24 bits per heavy atom. The fourth-order valence-electron chi connectivity index (χ4n) is 1.66. The number of hydrogen-bond acceptors (Lipinski definition) is 2. The van der Waals surface area contributed by atoms with Gasteiger partial charge in [0.05, 0.1) is 0 Å². The number of rotatable bonds is 4. The number of aromatic nitrogens is 1. The monoisotopic (exact) mass is 290 g/mol. The Labute approximate surface area is 110 Å². The Kier molecular flexibility index (Phi) is 4.15. The molecule has 2 nitrogen and oxygen atoms in total. The first-order valence-electron chi connectivity index (χ1n) is 5.65. The van der Waals surface area contributed by atoms with Gasteiger partial charge in [-0.2, -0.15) is 0 Å². The van der Waals surface area contributed by atoms with Gasteiger partial charge in [0.15, 0.2) is 0 Å². The third-order valence-electron chi connectivity index (χ3n) is 2.62. The number of aryl methyl sites for hydroxylation is 1. The van der Waals surface area contributed by atoms with E-state index in [0.717, 1.165) is 23.1 Å². The largest absolute Gasteiger partial charge is 0.384 e. The summed E-state index contributed by atoms with van der Waals surface area (Å²) in [5.41, 5.74) is 3.55. The number of nitrogens with one attached hydrogen (secondary N) is 1. The molecular weight excluding hydrogens is 276 g/mol. The molecule has 1 aromatic carbocycles. The van der Waals surface area contributed by atoms with Crippen molar-refractivity contribution < 1.29 is 0 Å². The van der Waals surface area contributed by atoms with Crippen molar-refractivity contribution in [1.29, 1.82) is 0 Å². The molecule has 0 radical (unpaired) electrons. The standard InChI is InChI=1S/C14H15BrN2/c1-11-5-6-12(15)10-14(11)17-9-7-13-4-2-3-8-16-13/h2-6,8,10,17H,7,9H2,1H3. The van der Waals surface area contributed by atoms with Gasteiger partial charge in [-0.15, -0.1) is 0 Å². The normalized spacial score (nSPS) is 10.2. The molecule has 88 valence electrons. The van der Waals surface area contributed by atoms with E-state index in [2.05, 4.69) is 57.4 Å². The summed E-state index contributed by atoms with van der Waals surface area (Å²) < 4.78 is 1.10. The minimum absolute atomic E-state index is 0.897. The van der Waals surface area contributed by atoms with Crippen molar-refractivity contribution in [2.75, 3.05) is 11.9 Å². The van der Waals surface area contributed by atoms with E-state index in [9.17, 15) is 0 Å². The average molecular weight is 291 g/mol. The fourth-order valence-corrected chi connectivity index (χ4v) is 2.02. The van der Waals surface area contributed by atoms with E-state index >= 15 is 0 Å². The number of pyridine rings is 1. The second kappa shape index (κ2) is 5.82. The first-order valence-corrected chi connectivity index (χ1v) is 6.45. The maximum Gasteiger partial charge on any atom is 0.0421 e. The van der Waals surface area contributed by atoms with Crippen LogP contribution in [-0.2, 0) is 6.42 Å². The molecule has 0 aliphatic carbocycles. The summed E-state index contributed by atoms with van der Waals surface area (Å²) in [6.45, 7) is 3.00.